The summed E-state index contributed by atoms with van der Waals surface area (Å²) in [5, 5.41) is 3.25. The predicted octanol–water partition coefficient (Wildman–Crippen LogP) is 4.63. The van der Waals surface area contributed by atoms with E-state index >= 15 is 0 Å². The lowest BCUT2D eigenvalue weighted by molar-refractivity contribution is 0.298. The molecule has 6 heteroatoms. The summed E-state index contributed by atoms with van der Waals surface area (Å²) in [7, 11) is 1.63. The van der Waals surface area contributed by atoms with Crippen LogP contribution in [0.1, 0.15) is 12.6 Å². The Bertz CT molecular complexity index is 621. The summed E-state index contributed by atoms with van der Waals surface area (Å²) in [5.41, 5.74) is 1.91. The van der Waals surface area contributed by atoms with E-state index in [1.54, 1.807) is 13.3 Å². The van der Waals surface area contributed by atoms with Gasteiger partial charge in [0.2, 0.25) is 0 Å². The fourth-order valence-corrected chi connectivity index (χ4v) is 2.72. The number of aromatic nitrogens is 1. The fourth-order valence-electron chi connectivity index (χ4n) is 1.80. The van der Waals surface area contributed by atoms with Gasteiger partial charge in [-0.15, -0.1) is 0 Å². The molecule has 0 saturated heterocycles. The van der Waals surface area contributed by atoms with Crippen LogP contribution in [0.15, 0.2) is 39.4 Å². The van der Waals surface area contributed by atoms with Crippen molar-refractivity contribution in [3.05, 3.63) is 45.1 Å². The molecule has 1 aromatic carbocycles. The van der Waals surface area contributed by atoms with Gasteiger partial charge in [-0.3, -0.25) is 4.98 Å². The average molecular weight is 416 g/mol. The van der Waals surface area contributed by atoms with Crippen LogP contribution in [0.5, 0.6) is 11.5 Å². The van der Waals surface area contributed by atoms with Crippen molar-refractivity contribution in [2.24, 2.45) is 0 Å². The third kappa shape index (κ3) is 4.35. The Balaban J connectivity index is 2.09. The molecule has 1 aromatic heterocycles. The number of halogens is 2. The van der Waals surface area contributed by atoms with Crippen molar-refractivity contribution >= 4 is 37.5 Å². The molecule has 0 amide bonds. The molecule has 0 aliphatic heterocycles. The highest BCUT2D eigenvalue weighted by atomic mass is 79.9. The van der Waals surface area contributed by atoms with Crippen LogP contribution in [-0.2, 0) is 6.61 Å². The van der Waals surface area contributed by atoms with Gasteiger partial charge in [0, 0.05) is 18.4 Å². The van der Waals surface area contributed by atoms with Crippen LogP contribution < -0.4 is 14.8 Å². The molecule has 2 rings (SSSR count). The minimum absolute atomic E-state index is 0.399. The molecule has 1 N–H and O–H groups in total. The number of pyridine rings is 1. The van der Waals surface area contributed by atoms with Gasteiger partial charge >= 0.3 is 0 Å². The van der Waals surface area contributed by atoms with Crippen molar-refractivity contribution in [2.45, 2.75) is 13.5 Å². The molecule has 21 heavy (non-hydrogen) atoms. The number of methoxy groups -OCH3 is 1. The van der Waals surface area contributed by atoms with E-state index < -0.39 is 0 Å². The first-order valence-corrected chi connectivity index (χ1v) is 8.07. The number of hydrogen-bond donors (Lipinski definition) is 1. The Labute approximate surface area is 141 Å². The second kappa shape index (κ2) is 7.66. The van der Waals surface area contributed by atoms with Gasteiger partial charge in [-0.2, -0.15) is 0 Å². The van der Waals surface area contributed by atoms with Gasteiger partial charge in [0.15, 0.2) is 0 Å². The molecule has 4 nitrogen and oxygen atoms in total. The number of rotatable bonds is 6. The number of nitrogens with zero attached hydrogens (tertiary/aromatic N) is 1. The first-order chi connectivity index (χ1) is 10.1. The lowest BCUT2D eigenvalue weighted by Crippen LogP contribution is -2.02. The number of benzene rings is 1. The van der Waals surface area contributed by atoms with Gasteiger partial charge in [0.25, 0.3) is 0 Å². The number of hydrogen-bond acceptors (Lipinski definition) is 4. The quantitative estimate of drug-likeness (QED) is 0.747. The van der Waals surface area contributed by atoms with Crippen LogP contribution >= 0.6 is 31.9 Å². The highest BCUT2D eigenvalue weighted by Gasteiger charge is 2.09. The second-order valence-electron chi connectivity index (χ2n) is 4.27. The van der Waals surface area contributed by atoms with E-state index in [-0.39, 0.29) is 0 Å². The number of anilines is 1. The monoisotopic (exact) mass is 414 g/mol. The van der Waals surface area contributed by atoms with Crippen LogP contribution in [0.2, 0.25) is 0 Å². The largest absolute Gasteiger partial charge is 0.496 e. The van der Waals surface area contributed by atoms with Crippen LogP contribution in [0, 0.1) is 0 Å². The fraction of sp³-hybridized carbons (Fsp3) is 0.267. The minimum atomic E-state index is 0.399. The van der Waals surface area contributed by atoms with Crippen LogP contribution in [0.4, 0.5) is 5.69 Å². The first kappa shape index (κ1) is 16.1. The molecule has 0 radical (unpaired) electrons. The third-order valence-corrected chi connectivity index (χ3v) is 4.02. The summed E-state index contributed by atoms with van der Waals surface area (Å²) in [6.07, 6.45) is 1.77. The van der Waals surface area contributed by atoms with Gasteiger partial charge in [0.1, 0.15) is 18.1 Å². The molecule has 0 spiro atoms. The summed E-state index contributed by atoms with van der Waals surface area (Å²) in [4.78, 5) is 4.31. The van der Waals surface area contributed by atoms with E-state index in [4.69, 9.17) is 9.47 Å². The highest BCUT2D eigenvalue weighted by Crippen LogP contribution is 2.36. The Hall–Kier alpha value is -1.27. The predicted molar refractivity (Wildman–Crippen MR) is 91.1 cm³/mol. The lowest BCUT2D eigenvalue weighted by atomic mass is 10.3. The van der Waals surface area contributed by atoms with Crippen molar-refractivity contribution in [3.8, 4) is 11.5 Å². The van der Waals surface area contributed by atoms with Gasteiger partial charge in [-0.1, -0.05) is 0 Å². The minimum Gasteiger partial charge on any atom is -0.496 e. The summed E-state index contributed by atoms with van der Waals surface area (Å²) < 4.78 is 12.7. The van der Waals surface area contributed by atoms with Crippen LogP contribution in [0.3, 0.4) is 0 Å². The van der Waals surface area contributed by atoms with Gasteiger partial charge in [-0.05, 0) is 63.0 Å². The number of nitrogens with one attached hydrogen (secondary N) is 1. The van der Waals surface area contributed by atoms with E-state index in [0.717, 1.165) is 38.4 Å². The molecule has 2 aromatic rings. The molecular formula is C15H16Br2N2O2. The number of ether oxygens (including phenoxy) is 2. The molecule has 0 aliphatic rings. The molecule has 0 unspecified atom stereocenters. The SMILES string of the molecule is CCNc1ccnc(COc2cc(Br)c(OC)cc2Br)c1. The maximum absolute atomic E-state index is 5.81. The maximum Gasteiger partial charge on any atom is 0.135 e. The van der Waals surface area contributed by atoms with Gasteiger partial charge in [-0.25, -0.2) is 0 Å². The maximum atomic E-state index is 5.81. The van der Waals surface area contributed by atoms with Crippen molar-refractivity contribution in [2.75, 3.05) is 19.0 Å². The van der Waals surface area contributed by atoms with Crippen molar-refractivity contribution in [3.63, 3.8) is 0 Å². The summed E-state index contributed by atoms with van der Waals surface area (Å²) in [5.74, 6) is 1.49. The third-order valence-electron chi connectivity index (χ3n) is 2.78. The van der Waals surface area contributed by atoms with Crippen molar-refractivity contribution < 1.29 is 9.47 Å². The van der Waals surface area contributed by atoms with Gasteiger partial charge in [0.05, 0.1) is 21.7 Å². The van der Waals surface area contributed by atoms with E-state index in [9.17, 15) is 0 Å². The van der Waals surface area contributed by atoms with Crippen molar-refractivity contribution in [1.82, 2.24) is 4.98 Å². The Morgan fingerprint density at radius 1 is 1.14 bits per heavy atom. The molecule has 1 heterocycles. The lowest BCUT2D eigenvalue weighted by Gasteiger charge is -2.11. The standard InChI is InChI=1S/C15H16Br2N2O2/c1-3-18-10-4-5-19-11(6-10)9-21-15-8-12(16)14(20-2)7-13(15)17/h4-8H,3,9H2,1-2H3,(H,18,19). The Morgan fingerprint density at radius 2 is 1.86 bits per heavy atom. The molecule has 0 fully saturated rings. The van der Waals surface area contributed by atoms with Crippen LogP contribution in [-0.4, -0.2) is 18.6 Å². The molecule has 0 bridgehead atoms. The molecule has 0 atom stereocenters. The summed E-state index contributed by atoms with van der Waals surface area (Å²) >= 11 is 6.92. The smallest absolute Gasteiger partial charge is 0.135 e. The zero-order valence-electron chi connectivity index (χ0n) is 11.8. The first-order valence-electron chi connectivity index (χ1n) is 6.48. The Kier molecular flexibility index (Phi) is 5.87. The zero-order chi connectivity index (χ0) is 15.2. The van der Waals surface area contributed by atoms with Crippen molar-refractivity contribution in [1.29, 1.82) is 0 Å². The molecule has 0 aliphatic carbocycles. The van der Waals surface area contributed by atoms with Gasteiger partial charge < -0.3 is 14.8 Å². The van der Waals surface area contributed by atoms with E-state index in [2.05, 4.69) is 49.1 Å². The topological polar surface area (TPSA) is 43.4 Å². The molecular weight excluding hydrogens is 400 g/mol. The van der Waals surface area contributed by atoms with E-state index in [1.807, 2.05) is 24.3 Å². The molecule has 0 saturated carbocycles. The summed E-state index contributed by atoms with van der Waals surface area (Å²) in [6, 6.07) is 7.65. The average Bonchev–Trinajstić information content (AvgIpc) is 2.48. The highest BCUT2D eigenvalue weighted by molar-refractivity contribution is 9.11. The normalized spacial score (nSPS) is 10.3. The molecule has 112 valence electrons. The zero-order valence-corrected chi connectivity index (χ0v) is 15.0. The second-order valence-corrected chi connectivity index (χ2v) is 5.98. The summed E-state index contributed by atoms with van der Waals surface area (Å²) in [6.45, 7) is 3.33. The Morgan fingerprint density at radius 3 is 2.57 bits per heavy atom. The van der Waals surface area contributed by atoms with E-state index in [1.165, 1.54) is 0 Å². The van der Waals surface area contributed by atoms with Crippen LogP contribution in [0.25, 0.3) is 0 Å². The van der Waals surface area contributed by atoms with E-state index in [0.29, 0.717) is 6.61 Å².